The van der Waals surface area contributed by atoms with E-state index in [4.69, 9.17) is 9.52 Å². The molecule has 0 aliphatic rings. The third kappa shape index (κ3) is 17.6. The molecule has 43 heavy (non-hydrogen) atoms. The van der Waals surface area contributed by atoms with Gasteiger partial charge in [0.15, 0.2) is 0 Å². The van der Waals surface area contributed by atoms with Crippen LogP contribution in [0.1, 0.15) is 65.6 Å². The summed E-state index contributed by atoms with van der Waals surface area (Å²) in [5.41, 5.74) is 8.12. The molecule has 224 valence electrons. The van der Waals surface area contributed by atoms with Gasteiger partial charge in [-0.25, -0.2) is 4.42 Å². The van der Waals surface area contributed by atoms with Crippen molar-refractivity contribution >= 4 is 17.9 Å². The summed E-state index contributed by atoms with van der Waals surface area (Å²) in [5.74, 6) is 1.63. The molecule has 3 nitrogen and oxygen atoms in total. The fraction of sp³-hybridized carbons (Fsp3) is 0.200. The number of carbonyl (C=O) groups is 1. The lowest BCUT2D eigenvalue weighted by molar-refractivity contribution is -0.104. The van der Waals surface area contributed by atoms with Crippen LogP contribution in [0.5, 0.6) is 0 Å². The number of aryl methyl sites for hydroxylation is 1. The molecule has 0 spiro atoms. The van der Waals surface area contributed by atoms with E-state index in [2.05, 4.69) is 39.0 Å². The molecule has 0 saturated heterocycles. The van der Waals surface area contributed by atoms with Gasteiger partial charge in [0.05, 0.1) is 11.8 Å². The van der Waals surface area contributed by atoms with Crippen LogP contribution in [-0.2, 0) is 4.79 Å². The molecule has 0 aliphatic heterocycles. The van der Waals surface area contributed by atoms with Crippen LogP contribution in [0.3, 0.4) is 0 Å². The summed E-state index contributed by atoms with van der Waals surface area (Å²) in [6.45, 7) is 15.9. The number of aldehydes is 1. The molecule has 0 aliphatic carbocycles. The molecule has 3 heteroatoms. The highest BCUT2D eigenvalue weighted by molar-refractivity contribution is 5.72. The SMILES string of the molecule is C\C(C=O)=C/C=C/C(C)=C/C=C/C(C)=C/C=C/C=C(\C)c1cc(C)cc(/C=C/C(C)=C/C=C/C(C)=C/C=C/C(C)=C/O)[o+]1. The Bertz CT molecular complexity index is 1480. The maximum absolute atomic E-state index is 10.6. The Kier molecular flexibility index (Phi) is 17.7. The Balaban J connectivity index is 2.85. The quantitative estimate of drug-likeness (QED) is 0.0789. The minimum absolute atomic E-state index is 0.698. The minimum Gasteiger partial charge on any atom is -0.515 e. The monoisotopic (exact) mass is 575 g/mol. The van der Waals surface area contributed by atoms with Crippen molar-refractivity contribution in [3.05, 3.63) is 172 Å². The third-order valence-corrected chi connectivity index (χ3v) is 5.93. The second-order valence-corrected chi connectivity index (χ2v) is 10.5. The molecule has 0 bridgehead atoms. The molecule has 1 N–H and O–H groups in total. The minimum atomic E-state index is 0.698. The molecule has 0 fully saturated rings. The summed E-state index contributed by atoms with van der Waals surface area (Å²) >= 11 is 0. The highest BCUT2D eigenvalue weighted by atomic mass is 16.3. The van der Waals surface area contributed by atoms with Gasteiger partial charge in [-0.2, -0.15) is 0 Å². The zero-order chi connectivity index (χ0) is 32.0. The zero-order valence-electron chi connectivity index (χ0n) is 27.0. The van der Waals surface area contributed by atoms with Crippen molar-refractivity contribution in [2.24, 2.45) is 0 Å². The van der Waals surface area contributed by atoms with Gasteiger partial charge in [0.25, 0.3) is 0 Å². The van der Waals surface area contributed by atoms with Gasteiger partial charge >= 0.3 is 11.5 Å². The van der Waals surface area contributed by atoms with Crippen LogP contribution in [0.2, 0.25) is 0 Å². The normalized spacial score (nSPS) is 15.6. The second-order valence-electron chi connectivity index (χ2n) is 10.5. The van der Waals surface area contributed by atoms with Crippen LogP contribution >= 0.6 is 0 Å². The average Bonchev–Trinajstić information content (AvgIpc) is 2.97. The average molecular weight is 576 g/mol. The van der Waals surface area contributed by atoms with E-state index in [-0.39, 0.29) is 0 Å². The topological polar surface area (TPSA) is 48.6 Å². The van der Waals surface area contributed by atoms with Gasteiger partial charge < -0.3 is 5.11 Å². The predicted octanol–water partition coefficient (Wildman–Crippen LogP) is 11.5. The smallest absolute Gasteiger partial charge is 0.356 e. The van der Waals surface area contributed by atoms with Crippen LogP contribution in [0.15, 0.2) is 160 Å². The van der Waals surface area contributed by atoms with Crippen molar-refractivity contribution in [2.75, 3.05) is 0 Å². The molecular formula is C40H47O3+. The zero-order valence-corrected chi connectivity index (χ0v) is 27.0. The van der Waals surface area contributed by atoms with E-state index in [9.17, 15) is 4.79 Å². The van der Waals surface area contributed by atoms with Crippen molar-refractivity contribution in [1.82, 2.24) is 0 Å². The second kappa shape index (κ2) is 21.0. The number of hydrogen-bond acceptors (Lipinski definition) is 2. The lowest BCUT2D eigenvalue weighted by Crippen LogP contribution is -1.85. The Morgan fingerprint density at radius 1 is 0.581 bits per heavy atom. The lowest BCUT2D eigenvalue weighted by atomic mass is 10.1. The fourth-order valence-electron chi connectivity index (χ4n) is 3.35. The van der Waals surface area contributed by atoms with Gasteiger partial charge in [0, 0.05) is 18.2 Å². The summed E-state index contributed by atoms with van der Waals surface area (Å²) in [6.07, 6.45) is 37.7. The lowest BCUT2D eigenvalue weighted by Gasteiger charge is -1.94. The van der Waals surface area contributed by atoms with Gasteiger partial charge in [-0.15, -0.1) is 0 Å². The number of carbonyl (C=O) groups excluding carboxylic acids is 1. The van der Waals surface area contributed by atoms with Crippen LogP contribution in [-0.4, -0.2) is 11.4 Å². The van der Waals surface area contributed by atoms with Crippen LogP contribution < -0.4 is 0 Å². The maximum atomic E-state index is 10.6. The summed E-state index contributed by atoms with van der Waals surface area (Å²) in [6, 6.07) is 4.08. The van der Waals surface area contributed by atoms with Crippen LogP contribution in [0.25, 0.3) is 11.6 Å². The molecular weight excluding hydrogens is 528 g/mol. The number of allylic oxidation sites excluding steroid dienone is 24. The summed E-state index contributed by atoms with van der Waals surface area (Å²) in [5, 5.41) is 8.93. The predicted molar refractivity (Wildman–Crippen MR) is 187 cm³/mol. The summed E-state index contributed by atoms with van der Waals surface area (Å²) in [7, 11) is 0. The van der Waals surface area contributed by atoms with Gasteiger partial charge in [0.2, 0.25) is 0 Å². The molecule has 1 aromatic heterocycles. The van der Waals surface area contributed by atoms with E-state index in [1.807, 2.05) is 125 Å². The Hall–Kier alpha value is -4.76. The van der Waals surface area contributed by atoms with Gasteiger partial charge in [0.1, 0.15) is 6.29 Å². The van der Waals surface area contributed by atoms with Gasteiger partial charge in [-0.05, 0) is 84.3 Å². The largest absolute Gasteiger partial charge is 0.515 e. The summed E-state index contributed by atoms with van der Waals surface area (Å²) in [4.78, 5) is 10.6. The number of hydrogen-bond donors (Lipinski definition) is 1. The van der Waals surface area contributed by atoms with Crippen molar-refractivity contribution in [3.63, 3.8) is 0 Å². The van der Waals surface area contributed by atoms with Crippen LogP contribution in [0, 0.1) is 6.92 Å². The van der Waals surface area contributed by atoms with Crippen molar-refractivity contribution in [2.45, 2.75) is 55.4 Å². The number of aliphatic hydroxyl groups excluding tert-OH is 1. The van der Waals surface area contributed by atoms with Gasteiger partial charge in [-0.1, -0.05) is 113 Å². The highest BCUT2D eigenvalue weighted by Crippen LogP contribution is 2.19. The fourth-order valence-corrected chi connectivity index (χ4v) is 3.35. The Morgan fingerprint density at radius 2 is 1.02 bits per heavy atom. The number of rotatable bonds is 14. The maximum Gasteiger partial charge on any atom is 0.356 e. The molecule has 0 amide bonds. The molecule has 0 atom stereocenters. The first-order valence-corrected chi connectivity index (χ1v) is 14.3. The summed E-state index contributed by atoms with van der Waals surface area (Å²) < 4.78 is 6.15. The van der Waals surface area contributed by atoms with Crippen molar-refractivity contribution in [1.29, 1.82) is 0 Å². The van der Waals surface area contributed by atoms with E-state index < -0.39 is 0 Å². The Labute approximate surface area is 259 Å². The molecule has 0 saturated carbocycles. The standard InChI is InChI=1S/C40H46O3/c1-31(16-11-17-32(2)19-13-22-35(5)29-41)15-9-10-24-38(8)40-28-37(7)27-39(43-40)26-25-34(4)21-12-18-33(3)20-14-23-36(6)30-42/h9-30H,1-8H3/p+1/b10-9+,16-11+,18-12+,19-13+,23-14+,26-25+,31-15+,32-17+,33-20+,34-21+,35-22+,36-30+,38-24+. The molecule has 0 unspecified atom stereocenters. The third-order valence-electron chi connectivity index (χ3n) is 5.93. The molecule has 1 aromatic rings. The first-order valence-electron chi connectivity index (χ1n) is 14.3. The van der Waals surface area contributed by atoms with E-state index in [1.54, 1.807) is 13.0 Å². The van der Waals surface area contributed by atoms with Crippen molar-refractivity contribution in [3.8, 4) is 0 Å². The van der Waals surface area contributed by atoms with E-state index in [0.29, 0.717) is 5.57 Å². The van der Waals surface area contributed by atoms with E-state index >= 15 is 0 Å². The first-order chi connectivity index (χ1) is 20.5. The van der Waals surface area contributed by atoms with Crippen LogP contribution in [0.4, 0.5) is 0 Å². The van der Waals surface area contributed by atoms with E-state index in [0.717, 1.165) is 63.1 Å². The van der Waals surface area contributed by atoms with Gasteiger partial charge in [-0.3, -0.25) is 4.79 Å². The molecule has 1 heterocycles. The molecule has 0 radical (unpaired) electrons. The first kappa shape index (κ1) is 36.3. The Morgan fingerprint density at radius 3 is 1.53 bits per heavy atom. The van der Waals surface area contributed by atoms with Crippen molar-refractivity contribution < 1.29 is 14.3 Å². The van der Waals surface area contributed by atoms with E-state index in [1.165, 1.54) is 0 Å². The molecule has 1 rings (SSSR count). The molecule has 0 aromatic carbocycles. The number of aliphatic hydroxyl groups is 1. The highest BCUT2D eigenvalue weighted by Gasteiger charge is 2.14.